The van der Waals surface area contributed by atoms with Crippen molar-refractivity contribution < 1.29 is 8.78 Å². The Morgan fingerprint density at radius 3 is 2.38 bits per heavy atom. The summed E-state index contributed by atoms with van der Waals surface area (Å²) in [5, 5.41) is 0. The van der Waals surface area contributed by atoms with Crippen molar-refractivity contribution >= 4 is 0 Å². The van der Waals surface area contributed by atoms with Gasteiger partial charge >= 0.3 is 0 Å². The highest BCUT2D eigenvalue weighted by molar-refractivity contribution is 5.18. The lowest BCUT2D eigenvalue weighted by molar-refractivity contribution is 0.124. The second-order valence-electron chi connectivity index (χ2n) is 5.70. The van der Waals surface area contributed by atoms with Crippen LogP contribution in [-0.4, -0.2) is 49.1 Å². The van der Waals surface area contributed by atoms with E-state index in [0.717, 1.165) is 51.8 Å². The van der Waals surface area contributed by atoms with Crippen molar-refractivity contribution in [3.8, 4) is 0 Å². The Balaban J connectivity index is 1.72. The topological polar surface area (TPSA) is 32.5 Å². The molecule has 1 heterocycles. The Labute approximate surface area is 125 Å². The van der Waals surface area contributed by atoms with Crippen LogP contribution in [0.4, 0.5) is 8.78 Å². The van der Waals surface area contributed by atoms with Crippen LogP contribution in [0.25, 0.3) is 0 Å². The predicted molar refractivity (Wildman–Crippen MR) is 81.0 cm³/mol. The maximum Gasteiger partial charge on any atom is 0.127 e. The second kappa shape index (κ2) is 8.41. The van der Waals surface area contributed by atoms with E-state index in [1.807, 2.05) is 0 Å². The first-order valence-electron chi connectivity index (χ1n) is 7.78. The molecular formula is C16H25F2N3. The minimum atomic E-state index is -0.370. The van der Waals surface area contributed by atoms with Crippen LogP contribution in [0, 0.1) is 11.6 Å². The number of hydrogen-bond donors (Lipinski definition) is 1. The summed E-state index contributed by atoms with van der Waals surface area (Å²) >= 11 is 0. The molecule has 0 bridgehead atoms. The van der Waals surface area contributed by atoms with Gasteiger partial charge in [0.15, 0.2) is 0 Å². The molecule has 3 nitrogen and oxygen atoms in total. The number of rotatable bonds is 7. The van der Waals surface area contributed by atoms with E-state index in [0.29, 0.717) is 12.1 Å². The molecule has 1 aliphatic heterocycles. The van der Waals surface area contributed by atoms with Crippen molar-refractivity contribution in [1.29, 1.82) is 0 Å². The molecule has 1 aromatic carbocycles. The van der Waals surface area contributed by atoms with Crippen molar-refractivity contribution in [2.24, 2.45) is 5.73 Å². The number of unbranched alkanes of at least 4 members (excludes halogenated alkanes) is 2. The summed E-state index contributed by atoms with van der Waals surface area (Å²) in [4.78, 5) is 4.63. The zero-order valence-electron chi connectivity index (χ0n) is 12.5. The minimum Gasteiger partial charge on any atom is -0.330 e. The normalized spacial score (nSPS) is 17.3. The van der Waals surface area contributed by atoms with E-state index in [1.54, 1.807) is 0 Å². The third-order valence-corrected chi connectivity index (χ3v) is 4.05. The lowest BCUT2D eigenvalue weighted by Gasteiger charge is -2.34. The molecule has 1 aromatic rings. The van der Waals surface area contributed by atoms with E-state index in [1.165, 1.54) is 25.0 Å². The number of hydrogen-bond acceptors (Lipinski definition) is 3. The molecule has 0 aliphatic carbocycles. The van der Waals surface area contributed by atoms with Gasteiger partial charge in [0, 0.05) is 38.3 Å². The van der Waals surface area contributed by atoms with Crippen LogP contribution in [0.5, 0.6) is 0 Å². The molecule has 0 spiro atoms. The number of nitrogens with zero attached hydrogens (tertiary/aromatic N) is 2. The molecule has 21 heavy (non-hydrogen) atoms. The van der Waals surface area contributed by atoms with Gasteiger partial charge in [-0.25, -0.2) is 8.78 Å². The highest BCUT2D eigenvalue weighted by Crippen LogP contribution is 2.14. The standard InChI is InChI=1S/C16H25F2N3/c17-15-4-5-16(18)14(12-15)13-21-10-8-20(9-11-21)7-3-1-2-6-19/h4-5,12H,1-3,6-11,13,19H2. The van der Waals surface area contributed by atoms with Crippen molar-refractivity contribution in [3.05, 3.63) is 35.4 Å². The molecule has 0 atom stereocenters. The van der Waals surface area contributed by atoms with Crippen molar-refractivity contribution in [2.75, 3.05) is 39.3 Å². The third kappa shape index (κ3) is 5.34. The summed E-state index contributed by atoms with van der Waals surface area (Å²) < 4.78 is 26.8. The van der Waals surface area contributed by atoms with E-state index in [-0.39, 0.29) is 11.6 Å². The van der Waals surface area contributed by atoms with Gasteiger partial charge in [-0.1, -0.05) is 6.42 Å². The largest absolute Gasteiger partial charge is 0.330 e. The molecule has 1 aliphatic rings. The zero-order valence-corrected chi connectivity index (χ0v) is 12.5. The first-order chi connectivity index (χ1) is 10.2. The average Bonchev–Trinajstić information content (AvgIpc) is 2.49. The highest BCUT2D eigenvalue weighted by atomic mass is 19.1. The van der Waals surface area contributed by atoms with Crippen LogP contribution in [0.2, 0.25) is 0 Å². The first kappa shape index (κ1) is 16.3. The zero-order chi connectivity index (χ0) is 15.1. The van der Waals surface area contributed by atoms with E-state index < -0.39 is 0 Å². The van der Waals surface area contributed by atoms with Crippen molar-refractivity contribution in [2.45, 2.75) is 25.8 Å². The molecule has 1 saturated heterocycles. The third-order valence-electron chi connectivity index (χ3n) is 4.05. The Kier molecular flexibility index (Phi) is 6.54. The Hall–Kier alpha value is -1.04. The fourth-order valence-electron chi connectivity index (χ4n) is 2.73. The molecule has 2 rings (SSSR count). The molecule has 118 valence electrons. The molecule has 5 heteroatoms. The van der Waals surface area contributed by atoms with E-state index in [2.05, 4.69) is 9.80 Å². The van der Waals surface area contributed by atoms with Crippen LogP contribution in [0.15, 0.2) is 18.2 Å². The van der Waals surface area contributed by atoms with Crippen LogP contribution in [0.3, 0.4) is 0 Å². The maximum absolute atomic E-state index is 13.6. The van der Waals surface area contributed by atoms with Crippen molar-refractivity contribution in [1.82, 2.24) is 9.80 Å². The molecule has 0 unspecified atom stereocenters. The fraction of sp³-hybridized carbons (Fsp3) is 0.625. The summed E-state index contributed by atoms with van der Waals surface area (Å²) in [7, 11) is 0. The SMILES string of the molecule is NCCCCCN1CCN(Cc2cc(F)ccc2F)CC1. The summed E-state index contributed by atoms with van der Waals surface area (Å²) in [6.07, 6.45) is 3.47. The lowest BCUT2D eigenvalue weighted by Crippen LogP contribution is -2.46. The molecule has 1 fully saturated rings. The summed E-state index contributed by atoms with van der Waals surface area (Å²) in [5.41, 5.74) is 5.93. The lowest BCUT2D eigenvalue weighted by atomic mass is 10.1. The van der Waals surface area contributed by atoms with Gasteiger partial charge in [-0.2, -0.15) is 0 Å². The average molecular weight is 297 g/mol. The second-order valence-corrected chi connectivity index (χ2v) is 5.70. The Morgan fingerprint density at radius 1 is 0.952 bits per heavy atom. The van der Waals surface area contributed by atoms with Crippen LogP contribution < -0.4 is 5.73 Å². The van der Waals surface area contributed by atoms with Crippen LogP contribution >= 0.6 is 0 Å². The summed E-state index contributed by atoms with van der Waals surface area (Å²) in [6, 6.07) is 3.67. The first-order valence-corrected chi connectivity index (χ1v) is 7.78. The molecule has 2 N–H and O–H groups in total. The van der Waals surface area contributed by atoms with Crippen LogP contribution in [-0.2, 0) is 6.54 Å². The molecular weight excluding hydrogens is 272 g/mol. The fourth-order valence-corrected chi connectivity index (χ4v) is 2.73. The number of benzene rings is 1. The van der Waals surface area contributed by atoms with Gasteiger partial charge in [0.25, 0.3) is 0 Å². The van der Waals surface area contributed by atoms with E-state index in [9.17, 15) is 8.78 Å². The van der Waals surface area contributed by atoms with Gasteiger partial charge in [-0.15, -0.1) is 0 Å². The highest BCUT2D eigenvalue weighted by Gasteiger charge is 2.17. The number of halogens is 2. The van der Waals surface area contributed by atoms with Gasteiger partial charge in [-0.3, -0.25) is 4.90 Å². The molecule has 0 saturated carbocycles. The van der Waals surface area contributed by atoms with Crippen molar-refractivity contribution in [3.63, 3.8) is 0 Å². The molecule has 0 aromatic heterocycles. The van der Waals surface area contributed by atoms with Gasteiger partial charge in [0.05, 0.1) is 0 Å². The predicted octanol–water partition coefficient (Wildman–Crippen LogP) is 2.21. The smallest absolute Gasteiger partial charge is 0.127 e. The minimum absolute atomic E-state index is 0.319. The molecule has 0 radical (unpaired) electrons. The molecule has 0 amide bonds. The maximum atomic E-state index is 13.6. The van der Waals surface area contributed by atoms with Gasteiger partial charge in [0.2, 0.25) is 0 Å². The van der Waals surface area contributed by atoms with Crippen LogP contribution in [0.1, 0.15) is 24.8 Å². The number of nitrogens with two attached hydrogens (primary N) is 1. The summed E-state index contributed by atoms with van der Waals surface area (Å²) in [5.74, 6) is -0.689. The van der Waals surface area contributed by atoms with Gasteiger partial charge in [0.1, 0.15) is 11.6 Å². The van der Waals surface area contributed by atoms with E-state index in [4.69, 9.17) is 5.73 Å². The monoisotopic (exact) mass is 297 g/mol. The van der Waals surface area contributed by atoms with E-state index >= 15 is 0 Å². The number of piperazine rings is 1. The summed E-state index contributed by atoms with van der Waals surface area (Å²) in [6.45, 7) is 6.19. The Morgan fingerprint density at radius 2 is 1.67 bits per heavy atom. The quantitative estimate of drug-likeness (QED) is 0.783. The van der Waals surface area contributed by atoms with Gasteiger partial charge < -0.3 is 10.6 Å². The van der Waals surface area contributed by atoms with Gasteiger partial charge in [-0.05, 0) is 44.1 Å². The Bertz CT molecular complexity index is 432.